The van der Waals surface area contributed by atoms with E-state index in [4.69, 9.17) is 21.2 Å². The third-order valence-corrected chi connectivity index (χ3v) is 4.20. The van der Waals surface area contributed by atoms with Crippen LogP contribution < -0.4 is 5.32 Å². The predicted molar refractivity (Wildman–Crippen MR) is 87.0 cm³/mol. The van der Waals surface area contributed by atoms with Gasteiger partial charge in [0.1, 0.15) is 5.69 Å². The van der Waals surface area contributed by atoms with Crippen molar-refractivity contribution in [3.8, 4) is 11.3 Å². The fourth-order valence-corrected chi connectivity index (χ4v) is 2.85. The summed E-state index contributed by atoms with van der Waals surface area (Å²) in [4.78, 5) is 24.4. The highest BCUT2D eigenvalue weighted by Gasteiger charge is 2.26. The Morgan fingerprint density at radius 1 is 1.42 bits per heavy atom. The van der Waals surface area contributed by atoms with Crippen LogP contribution in [0.2, 0.25) is 5.02 Å². The van der Waals surface area contributed by atoms with Crippen LogP contribution in [-0.2, 0) is 0 Å². The molecule has 0 bridgehead atoms. The summed E-state index contributed by atoms with van der Waals surface area (Å²) < 4.78 is 5.09. The van der Waals surface area contributed by atoms with Crippen molar-refractivity contribution in [2.75, 3.05) is 19.6 Å². The van der Waals surface area contributed by atoms with Gasteiger partial charge in [-0.2, -0.15) is 0 Å². The molecule has 1 aliphatic rings. The molecule has 0 aliphatic carbocycles. The minimum atomic E-state index is -0.926. The molecule has 126 valence electrons. The Balaban J connectivity index is 1.57. The molecule has 2 heterocycles. The van der Waals surface area contributed by atoms with Crippen LogP contribution in [0.5, 0.6) is 0 Å². The zero-order valence-corrected chi connectivity index (χ0v) is 13.5. The summed E-state index contributed by atoms with van der Waals surface area (Å²) in [5.74, 6) is -0.150. The van der Waals surface area contributed by atoms with Gasteiger partial charge in [-0.1, -0.05) is 28.9 Å². The van der Waals surface area contributed by atoms with E-state index >= 15 is 0 Å². The minimum Gasteiger partial charge on any atom is -0.465 e. The number of carbonyl (C=O) groups excluding carboxylic acids is 1. The van der Waals surface area contributed by atoms with Crippen molar-refractivity contribution in [2.24, 2.45) is 5.92 Å². The number of hydrogen-bond acceptors (Lipinski definition) is 4. The standard InChI is InChI=1S/C16H16ClN3O4/c17-12-3-1-2-11(6-12)13-7-14(24-19-13)15(21)18-8-10-4-5-20(9-10)16(22)23/h1-3,6-7,10H,4-5,8-9H2,(H,18,21)(H,22,23). The molecular weight excluding hydrogens is 334 g/mol. The van der Waals surface area contributed by atoms with Gasteiger partial charge in [-0.15, -0.1) is 0 Å². The molecule has 0 spiro atoms. The number of carboxylic acid groups (broad SMARTS) is 1. The highest BCUT2D eigenvalue weighted by molar-refractivity contribution is 6.30. The fraction of sp³-hybridized carbons (Fsp3) is 0.312. The average molecular weight is 350 g/mol. The Morgan fingerprint density at radius 2 is 2.25 bits per heavy atom. The van der Waals surface area contributed by atoms with Crippen LogP contribution in [0.15, 0.2) is 34.9 Å². The fourth-order valence-electron chi connectivity index (χ4n) is 2.66. The zero-order valence-electron chi connectivity index (χ0n) is 12.7. The summed E-state index contributed by atoms with van der Waals surface area (Å²) in [7, 11) is 0. The van der Waals surface area contributed by atoms with E-state index in [1.807, 2.05) is 6.07 Å². The lowest BCUT2D eigenvalue weighted by molar-refractivity contribution is 0.0910. The first kappa shape index (κ1) is 16.3. The number of nitrogens with one attached hydrogen (secondary N) is 1. The van der Waals surface area contributed by atoms with E-state index in [0.717, 1.165) is 12.0 Å². The number of likely N-dealkylation sites (tertiary alicyclic amines) is 1. The number of aromatic nitrogens is 1. The molecule has 7 nitrogen and oxygen atoms in total. The van der Waals surface area contributed by atoms with Crippen molar-refractivity contribution < 1.29 is 19.2 Å². The maximum atomic E-state index is 12.1. The van der Waals surface area contributed by atoms with Gasteiger partial charge in [-0.25, -0.2) is 4.79 Å². The molecule has 24 heavy (non-hydrogen) atoms. The van der Waals surface area contributed by atoms with Crippen molar-refractivity contribution in [3.63, 3.8) is 0 Å². The first-order valence-electron chi connectivity index (χ1n) is 7.51. The van der Waals surface area contributed by atoms with E-state index in [9.17, 15) is 9.59 Å². The minimum absolute atomic E-state index is 0.109. The molecule has 1 aromatic heterocycles. The van der Waals surface area contributed by atoms with Crippen molar-refractivity contribution in [2.45, 2.75) is 6.42 Å². The predicted octanol–water partition coefficient (Wildman–Crippen LogP) is 2.72. The van der Waals surface area contributed by atoms with Crippen LogP contribution in [0, 0.1) is 5.92 Å². The Kier molecular flexibility index (Phi) is 4.71. The van der Waals surface area contributed by atoms with Crippen molar-refractivity contribution in [3.05, 3.63) is 41.1 Å². The molecule has 3 rings (SSSR count). The van der Waals surface area contributed by atoms with E-state index in [0.29, 0.717) is 30.4 Å². The maximum absolute atomic E-state index is 12.1. The molecule has 2 amide bonds. The van der Waals surface area contributed by atoms with Gasteiger partial charge in [0.25, 0.3) is 5.91 Å². The number of benzene rings is 1. The SMILES string of the molecule is O=C(NCC1CCN(C(=O)O)C1)c1cc(-c2cccc(Cl)c2)no1. The molecule has 2 N–H and O–H groups in total. The molecule has 1 aliphatic heterocycles. The van der Waals surface area contributed by atoms with Crippen LogP contribution in [0.3, 0.4) is 0 Å². The average Bonchev–Trinajstić information content (AvgIpc) is 3.22. The lowest BCUT2D eigenvalue weighted by Crippen LogP contribution is -2.32. The van der Waals surface area contributed by atoms with Gasteiger partial charge in [-0.05, 0) is 24.5 Å². The van der Waals surface area contributed by atoms with Gasteiger partial charge >= 0.3 is 6.09 Å². The largest absolute Gasteiger partial charge is 0.465 e. The summed E-state index contributed by atoms with van der Waals surface area (Å²) in [6, 6.07) is 8.66. The Hall–Kier alpha value is -2.54. The zero-order chi connectivity index (χ0) is 17.1. The molecule has 1 aromatic carbocycles. The first-order valence-corrected chi connectivity index (χ1v) is 7.89. The molecule has 0 saturated carbocycles. The third kappa shape index (κ3) is 3.68. The topological polar surface area (TPSA) is 95.7 Å². The molecule has 1 unspecified atom stereocenters. The van der Waals surface area contributed by atoms with Gasteiger partial charge < -0.3 is 19.8 Å². The number of carbonyl (C=O) groups is 2. The van der Waals surface area contributed by atoms with E-state index in [-0.39, 0.29) is 17.6 Å². The smallest absolute Gasteiger partial charge is 0.407 e. The van der Waals surface area contributed by atoms with Crippen molar-refractivity contribution in [1.29, 1.82) is 0 Å². The monoisotopic (exact) mass is 349 g/mol. The molecular formula is C16H16ClN3O4. The van der Waals surface area contributed by atoms with Crippen LogP contribution in [-0.4, -0.2) is 46.8 Å². The number of halogens is 1. The van der Waals surface area contributed by atoms with Crippen LogP contribution in [0.4, 0.5) is 4.79 Å². The van der Waals surface area contributed by atoms with Gasteiger partial charge in [0.15, 0.2) is 0 Å². The van der Waals surface area contributed by atoms with Crippen LogP contribution >= 0.6 is 11.6 Å². The van der Waals surface area contributed by atoms with Gasteiger partial charge in [0.2, 0.25) is 5.76 Å². The number of hydrogen-bond donors (Lipinski definition) is 2. The van der Waals surface area contributed by atoms with Crippen molar-refractivity contribution >= 4 is 23.6 Å². The van der Waals surface area contributed by atoms with Crippen LogP contribution in [0.25, 0.3) is 11.3 Å². The van der Waals surface area contributed by atoms with E-state index in [2.05, 4.69) is 10.5 Å². The summed E-state index contributed by atoms with van der Waals surface area (Å²) >= 11 is 5.94. The Morgan fingerprint density at radius 3 is 2.96 bits per heavy atom. The second-order valence-corrected chi connectivity index (χ2v) is 6.12. The van der Waals surface area contributed by atoms with Crippen molar-refractivity contribution in [1.82, 2.24) is 15.4 Å². The summed E-state index contributed by atoms with van der Waals surface area (Å²) in [6.45, 7) is 1.33. The van der Waals surface area contributed by atoms with E-state index < -0.39 is 6.09 Å². The summed E-state index contributed by atoms with van der Waals surface area (Å²) in [6.07, 6.45) is -0.193. The quantitative estimate of drug-likeness (QED) is 0.884. The number of rotatable bonds is 4. The molecule has 1 saturated heterocycles. The second-order valence-electron chi connectivity index (χ2n) is 5.68. The molecule has 2 aromatic rings. The van der Waals surface area contributed by atoms with Gasteiger partial charge in [0.05, 0.1) is 0 Å². The molecule has 1 atom stereocenters. The maximum Gasteiger partial charge on any atom is 0.407 e. The lowest BCUT2D eigenvalue weighted by atomic mass is 10.1. The van der Waals surface area contributed by atoms with Gasteiger partial charge in [-0.3, -0.25) is 4.79 Å². The van der Waals surface area contributed by atoms with E-state index in [1.165, 1.54) is 4.90 Å². The molecule has 8 heteroatoms. The highest BCUT2D eigenvalue weighted by atomic mass is 35.5. The van der Waals surface area contributed by atoms with Crippen LogP contribution in [0.1, 0.15) is 17.0 Å². The lowest BCUT2D eigenvalue weighted by Gasteiger charge is -2.12. The number of nitrogens with zero attached hydrogens (tertiary/aromatic N) is 2. The highest BCUT2D eigenvalue weighted by Crippen LogP contribution is 2.22. The number of amides is 2. The Bertz CT molecular complexity index is 761. The molecule has 0 radical (unpaired) electrons. The third-order valence-electron chi connectivity index (χ3n) is 3.96. The Labute approximate surface area is 143 Å². The van der Waals surface area contributed by atoms with Gasteiger partial charge in [0, 0.05) is 36.3 Å². The second kappa shape index (κ2) is 6.92. The van der Waals surface area contributed by atoms with E-state index in [1.54, 1.807) is 24.3 Å². The summed E-state index contributed by atoms with van der Waals surface area (Å²) in [5.41, 5.74) is 1.29. The molecule has 1 fully saturated rings. The summed E-state index contributed by atoms with van der Waals surface area (Å²) in [5, 5.41) is 16.1. The normalized spacial score (nSPS) is 17.0. The first-order chi connectivity index (χ1) is 11.5.